The number of benzene rings is 1. The molecule has 0 aliphatic rings. The van der Waals surface area contributed by atoms with E-state index >= 15 is 0 Å². The van der Waals surface area contributed by atoms with Gasteiger partial charge in [-0.15, -0.1) is 0 Å². The first-order chi connectivity index (χ1) is 7.93. The number of alkyl halides is 2. The van der Waals surface area contributed by atoms with Gasteiger partial charge in [0.05, 0.1) is 0 Å². The molecule has 1 aromatic rings. The van der Waals surface area contributed by atoms with Gasteiger partial charge in [-0.2, -0.15) is 0 Å². The minimum atomic E-state index is 0.306. The smallest absolute Gasteiger partial charge is 0.0102 e. The molecular weight excluding hydrogens is 340 g/mol. The van der Waals surface area contributed by atoms with Gasteiger partial charge in [-0.05, 0) is 37.2 Å². The van der Waals surface area contributed by atoms with Crippen molar-refractivity contribution in [3.05, 3.63) is 34.9 Å². The van der Waals surface area contributed by atoms with Gasteiger partial charge >= 0.3 is 0 Å². The third-order valence-electron chi connectivity index (χ3n) is 3.59. The zero-order chi connectivity index (χ0) is 13.1. The SMILES string of the molecule is Cc1cc(C)cc(CC(CBr)(CBr)C(C)C)c1. The lowest BCUT2D eigenvalue weighted by molar-refractivity contribution is 0.268. The van der Waals surface area contributed by atoms with Crippen LogP contribution in [0.1, 0.15) is 30.5 Å². The summed E-state index contributed by atoms with van der Waals surface area (Å²) in [5, 5.41) is 2.08. The van der Waals surface area contributed by atoms with Crippen molar-refractivity contribution in [1.29, 1.82) is 0 Å². The average Bonchev–Trinajstić information content (AvgIpc) is 2.24. The van der Waals surface area contributed by atoms with E-state index in [4.69, 9.17) is 0 Å². The molecule has 1 aromatic carbocycles. The molecule has 0 aliphatic heterocycles. The Morgan fingerprint density at radius 3 is 1.82 bits per heavy atom. The lowest BCUT2D eigenvalue weighted by Gasteiger charge is -2.34. The third kappa shape index (κ3) is 3.82. The van der Waals surface area contributed by atoms with Gasteiger partial charge in [0.15, 0.2) is 0 Å². The van der Waals surface area contributed by atoms with Crippen LogP contribution in [0.5, 0.6) is 0 Å². The molecule has 0 atom stereocenters. The van der Waals surface area contributed by atoms with E-state index in [9.17, 15) is 0 Å². The fourth-order valence-electron chi connectivity index (χ4n) is 2.22. The molecule has 0 aromatic heterocycles. The predicted octanol–water partition coefficient (Wildman–Crippen LogP) is 5.28. The van der Waals surface area contributed by atoms with E-state index in [1.165, 1.54) is 16.7 Å². The maximum atomic E-state index is 3.70. The fourth-order valence-corrected chi connectivity index (χ4v) is 4.84. The molecule has 0 bridgehead atoms. The molecule has 0 radical (unpaired) electrons. The number of hydrogen-bond acceptors (Lipinski definition) is 0. The van der Waals surface area contributed by atoms with Gasteiger partial charge in [-0.1, -0.05) is 75.0 Å². The van der Waals surface area contributed by atoms with Gasteiger partial charge in [0.1, 0.15) is 0 Å². The molecule has 0 nitrogen and oxygen atoms in total. The van der Waals surface area contributed by atoms with E-state index in [0.717, 1.165) is 17.1 Å². The maximum absolute atomic E-state index is 3.70. The van der Waals surface area contributed by atoms with E-state index in [1.54, 1.807) is 0 Å². The Balaban J connectivity index is 3.01. The van der Waals surface area contributed by atoms with Crippen LogP contribution in [0.25, 0.3) is 0 Å². The Hall–Kier alpha value is 0.180. The average molecular weight is 362 g/mol. The summed E-state index contributed by atoms with van der Waals surface area (Å²) in [6.07, 6.45) is 1.13. The van der Waals surface area contributed by atoms with Gasteiger partial charge in [-0.3, -0.25) is 0 Å². The van der Waals surface area contributed by atoms with Crippen molar-refractivity contribution < 1.29 is 0 Å². The normalized spacial score (nSPS) is 12.2. The second-order valence-electron chi connectivity index (χ2n) is 5.46. The van der Waals surface area contributed by atoms with E-state index in [-0.39, 0.29) is 0 Å². The minimum Gasteiger partial charge on any atom is -0.0921 e. The lowest BCUT2D eigenvalue weighted by atomic mass is 9.76. The van der Waals surface area contributed by atoms with E-state index in [0.29, 0.717) is 11.3 Å². The summed E-state index contributed by atoms with van der Waals surface area (Å²) >= 11 is 7.40. The Labute approximate surface area is 122 Å². The molecule has 0 spiro atoms. The molecule has 2 heteroatoms. The molecule has 0 heterocycles. The molecule has 17 heavy (non-hydrogen) atoms. The van der Waals surface area contributed by atoms with Crippen LogP contribution in [0.2, 0.25) is 0 Å². The number of halogens is 2. The van der Waals surface area contributed by atoms with Gasteiger partial charge in [0.25, 0.3) is 0 Å². The summed E-state index contributed by atoms with van der Waals surface area (Å²) in [4.78, 5) is 0. The van der Waals surface area contributed by atoms with Gasteiger partial charge in [-0.25, -0.2) is 0 Å². The van der Waals surface area contributed by atoms with Crippen LogP contribution >= 0.6 is 31.9 Å². The first-order valence-corrected chi connectivity index (χ1v) is 8.37. The monoisotopic (exact) mass is 360 g/mol. The highest BCUT2D eigenvalue weighted by Gasteiger charge is 2.31. The second-order valence-corrected chi connectivity index (χ2v) is 6.58. The largest absolute Gasteiger partial charge is 0.0921 e. The Morgan fingerprint density at radius 1 is 1.00 bits per heavy atom. The molecular formula is C15H22Br2. The van der Waals surface area contributed by atoms with Crippen molar-refractivity contribution >= 4 is 31.9 Å². The molecule has 0 amide bonds. The summed E-state index contributed by atoms with van der Waals surface area (Å²) in [7, 11) is 0. The van der Waals surface area contributed by atoms with Crippen LogP contribution in [0.3, 0.4) is 0 Å². The molecule has 96 valence electrons. The van der Waals surface area contributed by atoms with Crippen molar-refractivity contribution in [2.45, 2.75) is 34.1 Å². The van der Waals surface area contributed by atoms with Crippen LogP contribution in [0.15, 0.2) is 18.2 Å². The Morgan fingerprint density at radius 2 is 1.47 bits per heavy atom. The maximum Gasteiger partial charge on any atom is 0.0102 e. The van der Waals surface area contributed by atoms with Crippen LogP contribution in [0, 0.1) is 25.2 Å². The quantitative estimate of drug-likeness (QED) is 0.626. The second kappa shape index (κ2) is 6.38. The summed E-state index contributed by atoms with van der Waals surface area (Å²) < 4.78 is 0. The van der Waals surface area contributed by atoms with Crippen molar-refractivity contribution in [2.75, 3.05) is 10.7 Å². The molecule has 0 fully saturated rings. The van der Waals surface area contributed by atoms with Crippen molar-refractivity contribution in [2.24, 2.45) is 11.3 Å². The molecule has 0 aliphatic carbocycles. The zero-order valence-electron chi connectivity index (χ0n) is 11.2. The van der Waals surface area contributed by atoms with Crippen LogP contribution in [0.4, 0.5) is 0 Å². The zero-order valence-corrected chi connectivity index (χ0v) is 14.4. The Bertz CT molecular complexity index is 345. The highest BCUT2D eigenvalue weighted by atomic mass is 79.9. The first-order valence-electron chi connectivity index (χ1n) is 6.12. The predicted molar refractivity (Wildman–Crippen MR) is 84.5 cm³/mol. The first kappa shape index (κ1) is 15.2. The van der Waals surface area contributed by atoms with Crippen molar-refractivity contribution in [1.82, 2.24) is 0 Å². The van der Waals surface area contributed by atoms with Crippen molar-refractivity contribution in [3.8, 4) is 0 Å². The fraction of sp³-hybridized carbons (Fsp3) is 0.600. The molecule has 0 unspecified atom stereocenters. The lowest BCUT2D eigenvalue weighted by Crippen LogP contribution is -2.33. The van der Waals surface area contributed by atoms with E-state index < -0.39 is 0 Å². The summed E-state index contributed by atoms with van der Waals surface area (Å²) in [5.74, 6) is 0.655. The Kier molecular flexibility index (Phi) is 5.72. The highest BCUT2D eigenvalue weighted by molar-refractivity contribution is 9.09. The van der Waals surface area contributed by atoms with Gasteiger partial charge < -0.3 is 0 Å². The van der Waals surface area contributed by atoms with E-state index in [1.807, 2.05) is 0 Å². The minimum absolute atomic E-state index is 0.306. The number of hydrogen-bond donors (Lipinski definition) is 0. The van der Waals surface area contributed by atoms with Crippen LogP contribution in [-0.4, -0.2) is 10.7 Å². The van der Waals surface area contributed by atoms with Crippen LogP contribution in [-0.2, 0) is 6.42 Å². The van der Waals surface area contributed by atoms with Crippen LogP contribution < -0.4 is 0 Å². The standard InChI is InChI=1S/C15H22Br2/c1-11(2)15(9-16,10-17)8-14-6-12(3)5-13(4)7-14/h5-7,11H,8-10H2,1-4H3. The topological polar surface area (TPSA) is 0 Å². The molecule has 0 saturated heterocycles. The third-order valence-corrected chi connectivity index (χ3v) is 5.83. The molecule has 0 N–H and O–H groups in total. The van der Waals surface area contributed by atoms with E-state index in [2.05, 4.69) is 77.8 Å². The highest BCUT2D eigenvalue weighted by Crippen LogP contribution is 2.36. The summed E-state index contributed by atoms with van der Waals surface area (Å²) in [6, 6.07) is 6.87. The summed E-state index contributed by atoms with van der Waals surface area (Å²) in [6.45, 7) is 8.97. The van der Waals surface area contributed by atoms with Crippen molar-refractivity contribution in [3.63, 3.8) is 0 Å². The van der Waals surface area contributed by atoms with Gasteiger partial charge in [0, 0.05) is 10.7 Å². The molecule has 1 rings (SSSR count). The van der Waals surface area contributed by atoms with Gasteiger partial charge in [0.2, 0.25) is 0 Å². The summed E-state index contributed by atoms with van der Waals surface area (Å²) in [5.41, 5.74) is 4.49. The molecule has 0 saturated carbocycles. The number of rotatable bonds is 5. The number of aryl methyl sites for hydroxylation is 2.